The quantitative estimate of drug-likeness (QED) is 0.761. The summed E-state index contributed by atoms with van der Waals surface area (Å²) in [7, 11) is 0. The summed E-state index contributed by atoms with van der Waals surface area (Å²) in [6.45, 7) is 5.79. The average molecular weight is 298 g/mol. The Morgan fingerprint density at radius 1 is 1.35 bits per heavy atom. The molecule has 0 saturated carbocycles. The van der Waals surface area contributed by atoms with Gasteiger partial charge in [0, 0.05) is 19.8 Å². The summed E-state index contributed by atoms with van der Waals surface area (Å²) < 4.78 is 18.5. The Hall–Kier alpha value is -1.09. The SMILES string of the molecule is CCOC(OCC)c1nn2c(C3CCCO3)nnc2s1. The van der Waals surface area contributed by atoms with Gasteiger partial charge < -0.3 is 14.2 Å². The minimum Gasteiger partial charge on any atom is -0.370 e. The molecule has 110 valence electrons. The van der Waals surface area contributed by atoms with Crippen LogP contribution in [0.25, 0.3) is 4.96 Å². The Morgan fingerprint density at radius 2 is 2.15 bits per heavy atom. The van der Waals surface area contributed by atoms with Crippen LogP contribution in [0.1, 0.15) is 49.9 Å². The first kappa shape index (κ1) is 13.9. The molecule has 1 unspecified atom stereocenters. The zero-order valence-corrected chi connectivity index (χ0v) is 12.4. The van der Waals surface area contributed by atoms with E-state index < -0.39 is 6.29 Å². The predicted molar refractivity (Wildman–Crippen MR) is 72.6 cm³/mol. The molecule has 0 bridgehead atoms. The van der Waals surface area contributed by atoms with Crippen molar-refractivity contribution < 1.29 is 14.2 Å². The van der Waals surface area contributed by atoms with Gasteiger partial charge in [-0.1, -0.05) is 11.3 Å². The predicted octanol–water partition coefficient (Wildman–Crippen LogP) is 2.11. The van der Waals surface area contributed by atoms with E-state index in [4.69, 9.17) is 14.2 Å². The highest BCUT2D eigenvalue weighted by atomic mass is 32.1. The lowest BCUT2D eigenvalue weighted by Crippen LogP contribution is -2.10. The third-order valence-corrected chi connectivity index (χ3v) is 4.01. The molecule has 1 aliphatic rings. The van der Waals surface area contributed by atoms with E-state index in [0.29, 0.717) is 13.2 Å². The third-order valence-electron chi connectivity index (χ3n) is 3.09. The zero-order chi connectivity index (χ0) is 13.9. The van der Waals surface area contributed by atoms with Crippen LogP contribution in [0.2, 0.25) is 0 Å². The van der Waals surface area contributed by atoms with Crippen LogP contribution < -0.4 is 0 Å². The second kappa shape index (κ2) is 6.13. The van der Waals surface area contributed by atoms with Crippen molar-refractivity contribution in [3.05, 3.63) is 10.8 Å². The molecular weight excluding hydrogens is 280 g/mol. The van der Waals surface area contributed by atoms with Crippen LogP contribution in [0.5, 0.6) is 0 Å². The van der Waals surface area contributed by atoms with Gasteiger partial charge in [0.1, 0.15) is 6.10 Å². The van der Waals surface area contributed by atoms with Gasteiger partial charge in [0.05, 0.1) is 0 Å². The molecule has 0 radical (unpaired) electrons. The van der Waals surface area contributed by atoms with E-state index in [1.54, 1.807) is 4.52 Å². The molecule has 1 saturated heterocycles. The minimum atomic E-state index is -0.436. The lowest BCUT2D eigenvalue weighted by atomic mass is 10.2. The van der Waals surface area contributed by atoms with Gasteiger partial charge in [0.25, 0.3) is 0 Å². The third kappa shape index (κ3) is 2.56. The van der Waals surface area contributed by atoms with Crippen molar-refractivity contribution >= 4 is 16.3 Å². The summed E-state index contributed by atoms with van der Waals surface area (Å²) in [6.07, 6.45) is 1.58. The zero-order valence-electron chi connectivity index (χ0n) is 11.6. The van der Waals surface area contributed by atoms with E-state index in [-0.39, 0.29) is 6.10 Å². The number of nitrogens with zero attached hydrogens (tertiary/aromatic N) is 4. The van der Waals surface area contributed by atoms with E-state index >= 15 is 0 Å². The second-order valence-corrected chi connectivity index (χ2v) is 5.42. The number of rotatable bonds is 6. The second-order valence-electron chi connectivity index (χ2n) is 4.44. The molecule has 0 aromatic carbocycles. The highest BCUT2D eigenvalue weighted by molar-refractivity contribution is 7.16. The summed E-state index contributed by atoms with van der Waals surface area (Å²) in [5.41, 5.74) is 0. The van der Waals surface area contributed by atoms with Gasteiger partial charge in [-0.3, -0.25) is 0 Å². The number of ether oxygens (including phenoxy) is 3. The molecule has 3 rings (SSSR count). The largest absolute Gasteiger partial charge is 0.370 e. The molecule has 0 amide bonds. The fourth-order valence-corrected chi connectivity index (χ4v) is 3.06. The van der Waals surface area contributed by atoms with Crippen molar-refractivity contribution in [2.24, 2.45) is 0 Å². The number of hydrogen-bond donors (Lipinski definition) is 0. The molecule has 1 atom stereocenters. The Kier molecular flexibility index (Phi) is 4.25. The fourth-order valence-electron chi connectivity index (χ4n) is 2.22. The van der Waals surface area contributed by atoms with Crippen molar-refractivity contribution in [3.8, 4) is 0 Å². The van der Waals surface area contributed by atoms with Crippen LogP contribution in [0.3, 0.4) is 0 Å². The van der Waals surface area contributed by atoms with Crippen LogP contribution >= 0.6 is 11.3 Å². The molecule has 3 heterocycles. The van der Waals surface area contributed by atoms with Gasteiger partial charge >= 0.3 is 0 Å². The van der Waals surface area contributed by atoms with Crippen LogP contribution in [0, 0.1) is 0 Å². The maximum Gasteiger partial charge on any atom is 0.234 e. The first-order valence-corrected chi connectivity index (χ1v) is 7.72. The normalized spacial score (nSPS) is 19.4. The van der Waals surface area contributed by atoms with Crippen LogP contribution in [0.15, 0.2) is 0 Å². The molecule has 0 N–H and O–H groups in total. The van der Waals surface area contributed by atoms with Crippen LogP contribution in [0.4, 0.5) is 0 Å². The molecular formula is C12H18N4O3S. The fraction of sp³-hybridized carbons (Fsp3) is 0.750. The van der Waals surface area contributed by atoms with Gasteiger partial charge in [-0.15, -0.1) is 10.2 Å². The van der Waals surface area contributed by atoms with E-state index in [9.17, 15) is 0 Å². The van der Waals surface area contributed by atoms with E-state index in [0.717, 1.165) is 35.2 Å². The molecule has 2 aromatic rings. The van der Waals surface area contributed by atoms with E-state index in [1.165, 1.54) is 11.3 Å². The van der Waals surface area contributed by atoms with Crippen LogP contribution in [-0.4, -0.2) is 39.6 Å². The van der Waals surface area contributed by atoms with Gasteiger partial charge in [-0.2, -0.15) is 9.61 Å². The Labute approximate surface area is 120 Å². The summed E-state index contributed by atoms with van der Waals surface area (Å²) in [4.78, 5) is 0.745. The summed E-state index contributed by atoms with van der Waals surface area (Å²) in [5, 5.41) is 13.6. The lowest BCUT2D eigenvalue weighted by molar-refractivity contribution is -0.140. The molecule has 2 aromatic heterocycles. The number of fused-ring (bicyclic) bond motifs is 1. The topological polar surface area (TPSA) is 70.8 Å². The van der Waals surface area contributed by atoms with Gasteiger partial charge in [-0.25, -0.2) is 0 Å². The molecule has 1 aliphatic heterocycles. The maximum atomic E-state index is 5.65. The minimum absolute atomic E-state index is 0.00223. The molecule has 7 nitrogen and oxygen atoms in total. The standard InChI is InChI=1S/C12H18N4O3S/c1-3-17-11(18-4-2)10-15-16-9(8-6-5-7-19-8)13-14-12(16)20-10/h8,11H,3-7H2,1-2H3. The van der Waals surface area contributed by atoms with Crippen molar-refractivity contribution in [1.82, 2.24) is 19.8 Å². The van der Waals surface area contributed by atoms with Crippen molar-refractivity contribution in [1.29, 1.82) is 0 Å². The molecule has 20 heavy (non-hydrogen) atoms. The molecule has 0 spiro atoms. The van der Waals surface area contributed by atoms with Gasteiger partial charge in [0.2, 0.25) is 11.3 Å². The van der Waals surface area contributed by atoms with Gasteiger partial charge in [-0.05, 0) is 26.7 Å². The Morgan fingerprint density at radius 3 is 2.80 bits per heavy atom. The highest BCUT2D eigenvalue weighted by Crippen LogP contribution is 2.30. The van der Waals surface area contributed by atoms with Crippen molar-refractivity contribution in [2.75, 3.05) is 19.8 Å². The molecule has 0 aliphatic carbocycles. The summed E-state index contributed by atoms with van der Waals surface area (Å²) >= 11 is 1.44. The smallest absolute Gasteiger partial charge is 0.234 e. The maximum absolute atomic E-state index is 5.65. The average Bonchev–Trinajstić information content (AvgIpc) is 3.14. The molecule has 8 heteroatoms. The Bertz CT molecular complexity index is 558. The van der Waals surface area contributed by atoms with E-state index in [1.807, 2.05) is 13.8 Å². The van der Waals surface area contributed by atoms with E-state index in [2.05, 4.69) is 15.3 Å². The first-order chi connectivity index (χ1) is 9.83. The summed E-state index contributed by atoms with van der Waals surface area (Å²) in [5.74, 6) is 0.770. The lowest BCUT2D eigenvalue weighted by Gasteiger charge is -2.13. The van der Waals surface area contributed by atoms with Crippen molar-refractivity contribution in [3.63, 3.8) is 0 Å². The number of hydrogen-bond acceptors (Lipinski definition) is 7. The molecule has 1 fully saturated rings. The summed E-state index contributed by atoms with van der Waals surface area (Å²) in [6, 6.07) is 0. The first-order valence-electron chi connectivity index (χ1n) is 6.90. The van der Waals surface area contributed by atoms with Gasteiger partial charge in [0.15, 0.2) is 10.8 Å². The monoisotopic (exact) mass is 298 g/mol. The Balaban J connectivity index is 1.89. The van der Waals surface area contributed by atoms with Crippen LogP contribution in [-0.2, 0) is 14.2 Å². The highest BCUT2D eigenvalue weighted by Gasteiger charge is 2.26. The van der Waals surface area contributed by atoms with Crippen molar-refractivity contribution in [2.45, 2.75) is 39.1 Å². The number of aromatic nitrogens is 4.